The van der Waals surface area contributed by atoms with Crippen molar-refractivity contribution in [2.75, 3.05) is 0 Å². The Morgan fingerprint density at radius 2 is 2.55 bits per heavy atom. The van der Waals surface area contributed by atoms with Gasteiger partial charge >= 0.3 is 0 Å². The predicted molar refractivity (Wildman–Crippen MR) is 40.5 cm³/mol. The van der Waals surface area contributed by atoms with E-state index in [1.54, 1.807) is 0 Å². The highest BCUT2D eigenvalue weighted by Crippen LogP contribution is 2.18. The molecule has 0 radical (unpaired) electrons. The van der Waals surface area contributed by atoms with Crippen LogP contribution in [0, 0.1) is 18.3 Å². The quantitative estimate of drug-likeness (QED) is 0.311. The van der Waals surface area contributed by atoms with Crippen LogP contribution in [-0.4, -0.2) is 23.2 Å². The first-order chi connectivity index (χ1) is 5.20. The van der Waals surface area contributed by atoms with Gasteiger partial charge in [0.15, 0.2) is 0 Å². The van der Waals surface area contributed by atoms with E-state index in [1.165, 1.54) is 6.08 Å². The number of nitrogens with one attached hydrogen (secondary N) is 1. The Morgan fingerprint density at radius 1 is 1.91 bits per heavy atom. The minimum Gasteiger partial charge on any atom is -0.388 e. The molecule has 1 aliphatic rings. The Bertz CT molecular complexity index is 229. The maximum Gasteiger partial charge on any atom is 0.230 e. The molecule has 0 aromatic rings. The van der Waals surface area contributed by atoms with Gasteiger partial charge in [-0.3, -0.25) is 4.79 Å². The zero-order valence-electron chi connectivity index (χ0n) is 5.95. The first kappa shape index (κ1) is 7.83. The number of aliphatic hydroxyl groups excluding tert-OH is 1. The van der Waals surface area contributed by atoms with Crippen LogP contribution in [0.3, 0.4) is 0 Å². The Balaban J connectivity index is 2.63. The molecular formula is C8H9NO2. The van der Waals surface area contributed by atoms with Crippen molar-refractivity contribution in [3.05, 3.63) is 12.7 Å². The van der Waals surface area contributed by atoms with Crippen molar-refractivity contribution < 1.29 is 9.90 Å². The van der Waals surface area contributed by atoms with E-state index in [9.17, 15) is 9.90 Å². The van der Waals surface area contributed by atoms with Crippen LogP contribution in [0.25, 0.3) is 0 Å². The van der Waals surface area contributed by atoms with Crippen molar-refractivity contribution in [2.45, 2.75) is 12.1 Å². The van der Waals surface area contributed by atoms with Crippen molar-refractivity contribution >= 4 is 5.91 Å². The third-order valence-corrected chi connectivity index (χ3v) is 1.75. The lowest BCUT2D eigenvalue weighted by molar-refractivity contribution is -0.137. The number of hydrogen-bond acceptors (Lipinski definition) is 2. The van der Waals surface area contributed by atoms with Crippen molar-refractivity contribution in [2.24, 2.45) is 5.92 Å². The molecule has 58 valence electrons. The average Bonchev–Trinajstić information content (AvgIpc) is 1.99. The normalized spacial score (nSPS) is 31.1. The molecule has 1 aliphatic heterocycles. The maximum absolute atomic E-state index is 10.8. The van der Waals surface area contributed by atoms with E-state index in [0.29, 0.717) is 0 Å². The Morgan fingerprint density at radius 3 is 2.91 bits per heavy atom. The highest BCUT2D eigenvalue weighted by molar-refractivity contribution is 5.87. The van der Waals surface area contributed by atoms with Gasteiger partial charge in [-0.25, -0.2) is 0 Å². The van der Waals surface area contributed by atoms with Crippen LogP contribution in [-0.2, 0) is 4.79 Å². The molecule has 0 aliphatic carbocycles. The molecule has 3 heteroatoms. The standard InChI is InChI=1S/C8H9NO2/c1-3-5-7(6(10)4-2)8(11)9-5/h1,4-7,10H,2H2,(H,9,11)/t5-,6-,7+/m1/s1. The average molecular weight is 151 g/mol. The molecule has 1 saturated heterocycles. The summed E-state index contributed by atoms with van der Waals surface area (Å²) in [5.41, 5.74) is 0. The lowest BCUT2D eigenvalue weighted by atomic mass is 9.86. The van der Waals surface area contributed by atoms with Crippen LogP contribution in [0.2, 0.25) is 0 Å². The minimum absolute atomic E-state index is 0.208. The summed E-state index contributed by atoms with van der Waals surface area (Å²) >= 11 is 0. The fourth-order valence-corrected chi connectivity index (χ4v) is 1.04. The highest BCUT2D eigenvalue weighted by atomic mass is 16.3. The fourth-order valence-electron chi connectivity index (χ4n) is 1.04. The number of carbonyl (C=O) groups excluding carboxylic acids is 1. The third-order valence-electron chi connectivity index (χ3n) is 1.75. The fraction of sp³-hybridized carbons (Fsp3) is 0.375. The third kappa shape index (κ3) is 1.13. The first-order valence-corrected chi connectivity index (χ1v) is 3.28. The molecule has 11 heavy (non-hydrogen) atoms. The van der Waals surface area contributed by atoms with Crippen LogP contribution < -0.4 is 5.32 Å². The minimum atomic E-state index is -0.829. The highest BCUT2D eigenvalue weighted by Gasteiger charge is 2.41. The zero-order chi connectivity index (χ0) is 8.43. The van der Waals surface area contributed by atoms with E-state index in [4.69, 9.17) is 6.42 Å². The second-order valence-corrected chi connectivity index (χ2v) is 2.41. The van der Waals surface area contributed by atoms with Crippen molar-refractivity contribution in [1.82, 2.24) is 5.32 Å². The Labute approximate surface area is 65.1 Å². The lowest BCUT2D eigenvalue weighted by Gasteiger charge is -2.34. The molecule has 3 nitrogen and oxygen atoms in total. The van der Waals surface area contributed by atoms with Crippen molar-refractivity contribution in [1.29, 1.82) is 0 Å². The van der Waals surface area contributed by atoms with Gasteiger partial charge in [-0.2, -0.15) is 0 Å². The van der Waals surface area contributed by atoms with Gasteiger partial charge in [0.05, 0.1) is 12.0 Å². The van der Waals surface area contributed by atoms with E-state index < -0.39 is 12.0 Å². The largest absolute Gasteiger partial charge is 0.388 e. The number of amides is 1. The lowest BCUT2D eigenvalue weighted by Crippen LogP contribution is -2.61. The summed E-state index contributed by atoms with van der Waals surface area (Å²) in [6.45, 7) is 3.37. The molecule has 1 heterocycles. The molecule has 0 bridgehead atoms. The summed E-state index contributed by atoms with van der Waals surface area (Å²) in [7, 11) is 0. The predicted octanol–water partition coefficient (Wildman–Crippen LogP) is -0.719. The number of rotatable bonds is 2. The van der Waals surface area contributed by atoms with Crippen molar-refractivity contribution in [3.8, 4) is 12.3 Å². The second kappa shape index (κ2) is 2.77. The van der Waals surface area contributed by atoms with Gasteiger partial charge in [0.25, 0.3) is 0 Å². The summed E-state index contributed by atoms with van der Waals surface area (Å²) in [5, 5.41) is 11.7. The number of aliphatic hydroxyl groups is 1. The van der Waals surface area contributed by atoms with Crippen LogP contribution in [0.15, 0.2) is 12.7 Å². The second-order valence-electron chi connectivity index (χ2n) is 2.41. The first-order valence-electron chi connectivity index (χ1n) is 3.28. The van der Waals surface area contributed by atoms with Gasteiger partial charge in [0.1, 0.15) is 6.04 Å². The molecule has 1 amide bonds. The smallest absolute Gasteiger partial charge is 0.230 e. The zero-order valence-corrected chi connectivity index (χ0v) is 5.95. The van der Waals surface area contributed by atoms with Gasteiger partial charge in [-0.15, -0.1) is 13.0 Å². The molecule has 3 atom stereocenters. The number of terminal acetylenes is 1. The summed E-state index contributed by atoms with van der Waals surface area (Å²) in [4.78, 5) is 10.8. The monoisotopic (exact) mass is 151 g/mol. The van der Waals surface area contributed by atoms with E-state index >= 15 is 0 Å². The number of β-lactam (4-membered cyclic amide) rings is 1. The van der Waals surface area contributed by atoms with Crippen LogP contribution in [0.5, 0.6) is 0 Å². The maximum atomic E-state index is 10.8. The molecule has 0 aromatic heterocycles. The molecule has 0 saturated carbocycles. The van der Waals surface area contributed by atoms with Gasteiger partial charge in [-0.05, 0) is 0 Å². The summed E-state index contributed by atoms with van der Waals surface area (Å²) in [5.74, 6) is 1.65. The van der Waals surface area contributed by atoms with Crippen LogP contribution >= 0.6 is 0 Å². The van der Waals surface area contributed by atoms with Gasteiger partial charge in [-0.1, -0.05) is 12.0 Å². The Kier molecular flexibility index (Phi) is 1.97. The summed E-state index contributed by atoms with van der Waals surface area (Å²) < 4.78 is 0. The van der Waals surface area contributed by atoms with Crippen molar-refractivity contribution in [3.63, 3.8) is 0 Å². The SMILES string of the molecule is C#C[C@H]1NC(=O)[C@@H]1[C@H](O)C=C. The van der Waals surface area contributed by atoms with E-state index in [1.807, 2.05) is 0 Å². The molecular weight excluding hydrogens is 142 g/mol. The van der Waals surface area contributed by atoms with E-state index in [2.05, 4.69) is 17.8 Å². The van der Waals surface area contributed by atoms with Crippen LogP contribution in [0.1, 0.15) is 0 Å². The molecule has 2 N–H and O–H groups in total. The molecule has 0 aromatic carbocycles. The van der Waals surface area contributed by atoms with Gasteiger partial charge in [0.2, 0.25) is 5.91 Å². The molecule has 0 unspecified atom stereocenters. The summed E-state index contributed by atoms with van der Waals surface area (Å²) in [6, 6.07) is -0.338. The molecule has 0 spiro atoms. The Hall–Kier alpha value is -1.27. The van der Waals surface area contributed by atoms with E-state index in [0.717, 1.165) is 0 Å². The van der Waals surface area contributed by atoms with Gasteiger partial charge in [0, 0.05) is 0 Å². The topological polar surface area (TPSA) is 49.3 Å². The van der Waals surface area contributed by atoms with E-state index in [-0.39, 0.29) is 11.9 Å². The molecule has 1 fully saturated rings. The summed E-state index contributed by atoms with van der Waals surface area (Å²) in [6.07, 6.45) is 5.55. The van der Waals surface area contributed by atoms with Gasteiger partial charge < -0.3 is 10.4 Å². The molecule has 1 rings (SSSR count). The number of carbonyl (C=O) groups is 1. The number of hydrogen-bond donors (Lipinski definition) is 2. The van der Waals surface area contributed by atoms with Crippen LogP contribution in [0.4, 0.5) is 0 Å².